The number of carbonyl (C=O) groups excluding carboxylic acids is 1. The van der Waals surface area contributed by atoms with Gasteiger partial charge in [0, 0.05) is 47.6 Å². The maximum Gasteiger partial charge on any atom is 0.319 e. The molecule has 2 aromatic carbocycles. The van der Waals surface area contributed by atoms with Gasteiger partial charge in [-0.3, -0.25) is 0 Å². The second-order valence-corrected chi connectivity index (χ2v) is 11.4. The molecule has 0 atom stereocenters. The zero-order chi connectivity index (χ0) is 26.2. The van der Waals surface area contributed by atoms with Gasteiger partial charge in [-0.25, -0.2) is 27.0 Å². The van der Waals surface area contributed by atoms with Crippen LogP contribution in [0.4, 0.5) is 19.3 Å². The van der Waals surface area contributed by atoms with E-state index in [4.69, 9.17) is 0 Å². The third kappa shape index (κ3) is 5.34. The van der Waals surface area contributed by atoms with Gasteiger partial charge in [-0.15, -0.1) is 0 Å². The van der Waals surface area contributed by atoms with Gasteiger partial charge in [0.1, 0.15) is 11.5 Å². The summed E-state index contributed by atoms with van der Waals surface area (Å²) >= 11 is 0. The molecule has 1 aliphatic carbocycles. The van der Waals surface area contributed by atoms with Gasteiger partial charge in [-0.2, -0.15) is 0 Å². The summed E-state index contributed by atoms with van der Waals surface area (Å²) in [6.07, 6.45) is 8.18. The fourth-order valence-electron chi connectivity index (χ4n) is 4.73. The summed E-state index contributed by atoms with van der Waals surface area (Å²) in [6.45, 7) is 0. The second-order valence-electron chi connectivity index (χ2n) is 9.38. The number of benzene rings is 2. The first-order valence-electron chi connectivity index (χ1n) is 12.0. The topological polar surface area (TPSA) is 104 Å². The lowest BCUT2D eigenvalue weighted by molar-refractivity contribution is 0.248. The number of hydrogen-bond donors (Lipinski definition) is 3. The van der Waals surface area contributed by atoms with Crippen LogP contribution in [0.2, 0.25) is 0 Å². The molecule has 2 heterocycles. The van der Waals surface area contributed by atoms with Crippen LogP contribution in [-0.4, -0.2) is 36.7 Å². The van der Waals surface area contributed by atoms with Crippen LogP contribution in [0.3, 0.4) is 0 Å². The quantitative estimate of drug-likeness (QED) is 0.307. The highest BCUT2D eigenvalue weighted by Crippen LogP contribution is 2.30. The molecule has 1 saturated carbocycles. The summed E-state index contributed by atoms with van der Waals surface area (Å²) in [4.78, 5) is 19.9. The molecule has 7 nitrogen and oxygen atoms in total. The fourth-order valence-corrected chi connectivity index (χ4v) is 5.40. The van der Waals surface area contributed by atoms with Crippen molar-refractivity contribution in [3.05, 3.63) is 77.6 Å². The van der Waals surface area contributed by atoms with Gasteiger partial charge in [0.15, 0.2) is 15.7 Å². The van der Waals surface area contributed by atoms with E-state index < -0.39 is 27.5 Å². The molecular weight excluding hydrogens is 498 g/mol. The number of hydrogen-bond acceptors (Lipinski definition) is 4. The number of carbonyl (C=O) groups is 1. The summed E-state index contributed by atoms with van der Waals surface area (Å²) < 4.78 is 54.0. The Kier molecular flexibility index (Phi) is 6.68. The average Bonchev–Trinajstić information content (AvgIpc) is 3.52. The third-order valence-corrected chi connectivity index (χ3v) is 7.81. The van der Waals surface area contributed by atoms with E-state index in [1.807, 2.05) is 6.07 Å². The van der Waals surface area contributed by atoms with E-state index in [2.05, 4.69) is 20.6 Å². The molecule has 2 amide bonds. The van der Waals surface area contributed by atoms with Gasteiger partial charge >= 0.3 is 6.03 Å². The van der Waals surface area contributed by atoms with Crippen molar-refractivity contribution in [2.75, 3.05) is 11.6 Å². The molecule has 1 fully saturated rings. The lowest BCUT2D eigenvalue weighted by Crippen LogP contribution is -2.36. The van der Waals surface area contributed by atoms with Crippen molar-refractivity contribution in [1.29, 1.82) is 0 Å². The van der Waals surface area contributed by atoms with E-state index >= 15 is 4.39 Å². The number of sulfone groups is 1. The summed E-state index contributed by atoms with van der Waals surface area (Å²) in [7, 11) is -3.39. The molecule has 4 aromatic rings. The lowest BCUT2D eigenvalue weighted by Gasteiger charge is -2.15. The summed E-state index contributed by atoms with van der Waals surface area (Å²) in [5.41, 5.74) is 2.19. The van der Waals surface area contributed by atoms with Crippen LogP contribution in [-0.2, 0) is 16.3 Å². The van der Waals surface area contributed by atoms with Crippen LogP contribution >= 0.6 is 0 Å². The average molecular weight is 525 g/mol. The SMILES string of the molecule is CS(=O)(=O)c1cccc(-c2cnc3[nH]cc(Cc4c(F)ccc(NC(=O)NC5CCCC5)c4F)c3c2)c1. The molecule has 0 bridgehead atoms. The third-order valence-electron chi connectivity index (χ3n) is 6.70. The Morgan fingerprint density at radius 3 is 2.65 bits per heavy atom. The van der Waals surface area contributed by atoms with Gasteiger partial charge in [0.05, 0.1) is 10.6 Å². The minimum absolute atomic E-state index is 0.0639. The standard InChI is InChI=1S/C27H26F2N4O3S/c1-37(35,36)20-8-4-5-16(11-20)17-12-21-18(15-31-26(21)30-14-17)13-22-23(28)9-10-24(25(22)29)33-27(34)32-19-6-2-3-7-19/h4-5,8-12,14-15,19H,2-3,6-7,13H2,1H3,(H,30,31)(H2,32,33,34). The predicted molar refractivity (Wildman–Crippen MR) is 138 cm³/mol. The maximum atomic E-state index is 15.3. The molecule has 2 aromatic heterocycles. The van der Waals surface area contributed by atoms with Crippen LogP contribution < -0.4 is 10.6 Å². The summed E-state index contributed by atoms with van der Waals surface area (Å²) in [6, 6.07) is 10.2. The van der Waals surface area contributed by atoms with Gasteiger partial charge < -0.3 is 15.6 Å². The molecule has 37 heavy (non-hydrogen) atoms. The van der Waals surface area contributed by atoms with Crippen molar-refractivity contribution in [2.45, 2.75) is 43.0 Å². The number of halogens is 2. The molecule has 0 spiro atoms. The van der Waals surface area contributed by atoms with E-state index in [9.17, 15) is 17.6 Å². The number of rotatable bonds is 6. The number of amides is 2. The minimum Gasteiger partial charge on any atom is -0.346 e. The van der Waals surface area contributed by atoms with E-state index in [0.717, 1.165) is 38.0 Å². The highest BCUT2D eigenvalue weighted by molar-refractivity contribution is 7.90. The van der Waals surface area contributed by atoms with Gasteiger partial charge in [-0.05, 0) is 54.3 Å². The van der Waals surface area contributed by atoms with E-state index in [1.54, 1.807) is 30.6 Å². The van der Waals surface area contributed by atoms with E-state index in [-0.39, 0.29) is 28.6 Å². The molecule has 0 radical (unpaired) electrons. The highest BCUT2D eigenvalue weighted by atomic mass is 32.2. The highest BCUT2D eigenvalue weighted by Gasteiger charge is 2.21. The Morgan fingerprint density at radius 1 is 1.11 bits per heavy atom. The first-order chi connectivity index (χ1) is 17.7. The van der Waals surface area contributed by atoms with Crippen molar-refractivity contribution in [2.24, 2.45) is 0 Å². The minimum atomic E-state index is -3.39. The van der Waals surface area contributed by atoms with Crippen LogP contribution in [0.1, 0.15) is 36.8 Å². The van der Waals surface area contributed by atoms with E-state index in [1.165, 1.54) is 12.1 Å². The molecular formula is C27H26F2N4O3S. The second kappa shape index (κ2) is 9.93. The number of urea groups is 1. The van der Waals surface area contributed by atoms with Crippen LogP contribution in [0, 0.1) is 11.6 Å². The Hall–Kier alpha value is -3.79. The smallest absolute Gasteiger partial charge is 0.319 e. The fraction of sp³-hybridized carbons (Fsp3) is 0.259. The first-order valence-corrected chi connectivity index (χ1v) is 13.9. The number of aromatic nitrogens is 2. The molecule has 3 N–H and O–H groups in total. The number of fused-ring (bicyclic) bond motifs is 1. The number of aromatic amines is 1. The summed E-state index contributed by atoms with van der Waals surface area (Å²) in [5, 5.41) is 5.99. The molecule has 192 valence electrons. The number of pyridine rings is 1. The molecule has 0 unspecified atom stereocenters. The Balaban J connectivity index is 1.43. The van der Waals surface area contributed by atoms with Crippen molar-refractivity contribution in [3.63, 3.8) is 0 Å². The zero-order valence-electron chi connectivity index (χ0n) is 20.1. The number of anilines is 1. The van der Waals surface area contributed by atoms with Crippen molar-refractivity contribution >= 4 is 32.6 Å². The molecule has 10 heteroatoms. The number of nitrogens with one attached hydrogen (secondary N) is 3. The van der Waals surface area contributed by atoms with Crippen molar-refractivity contribution in [1.82, 2.24) is 15.3 Å². The lowest BCUT2D eigenvalue weighted by atomic mass is 10.0. The first kappa shape index (κ1) is 24.9. The van der Waals surface area contributed by atoms with Gasteiger partial charge in [0.2, 0.25) is 0 Å². The predicted octanol–water partition coefficient (Wildman–Crippen LogP) is 5.57. The Bertz CT molecular complexity index is 1590. The zero-order valence-corrected chi connectivity index (χ0v) is 21.0. The molecule has 0 aliphatic heterocycles. The Morgan fingerprint density at radius 2 is 1.89 bits per heavy atom. The number of H-pyrrole nitrogens is 1. The Labute approximate surface area is 213 Å². The number of nitrogens with zero attached hydrogens (tertiary/aromatic N) is 1. The van der Waals surface area contributed by atoms with Crippen molar-refractivity contribution in [3.8, 4) is 11.1 Å². The van der Waals surface area contributed by atoms with Crippen LogP contribution in [0.5, 0.6) is 0 Å². The van der Waals surface area contributed by atoms with Gasteiger partial charge in [0.25, 0.3) is 0 Å². The summed E-state index contributed by atoms with van der Waals surface area (Å²) in [5.74, 6) is -1.56. The molecule has 0 saturated heterocycles. The normalized spacial score (nSPS) is 14.2. The molecule has 5 rings (SSSR count). The molecule has 1 aliphatic rings. The van der Waals surface area contributed by atoms with E-state index in [0.29, 0.717) is 27.7 Å². The van der Waals surface area contributed by atoms with Crippen LogP contribution in [0.25, 0.3) is 22.2 Å². The largest absolute Gasteiger partial charge is 0.346 e. The van der Waals surface area contributed by atoms with Gasteiger partial charge in [-0.1, -0.05) is 25.0 Å². The monoisotopic (exact) mass is 524 g/mol. The van der Waals surface area contributed by atoms with Crippen molar-refractivity contribution < 1.29 is 22.0 Å². The maximum absolute atomic E-state index is 15.3. The van der Waals surface area contributed by atoms with Crippen LogP contribution in [0.15, 0.2) is 59.8 Å².